The van der Waals surface area contributed by atoms with Gasteiger partial charge >= 0.3 is 0 Å². The molecule has 0 bridgehead atoms. The van der Waals surface area contributed by atoms with Crippen molar-refractivity contribution < 1.29 is 29.6 Å². The zero-order valence-corrected chi connectivity index (χ0v) is 22.4. The van der Waals surface area contributed by atoms with E-state index in [4.69, 9.17) is 4.74 Å². The highest BCUT2D eigenvalue weighted by molar-refractivity contribution is 7.89. The third-order valence-electron chi connectivity index (χ3n) is 6.67. The lowest BCUT2D eigenvalue weighted by molar-refractivity contribution is -0.0632. The maximum Gasteiger partial charge on any atom is 0.253 e. The summed E-state index contributed by atoms with van der Waals surface area (Å²) in [6.45, 7) is 4.98. The average Bonchev–Trinajstić information content (AvgIpc) is 2.91. The van der Waals surface area contributed by atoms with E-state index >= 15 is 0 Å². The number of carbonyl (C=O) groups is 1. The number of hydrogen-bond acceptors (Lipinski definition) is 7. The summed E-state index contributed by atoms with van der Waals surface area (Å²) in [5.41, 5.74) is 1.18. The quantitative estimate of drug-likeness (QED) is 0.327. The second-order valence-corrected chi connectivity index (χ2v) is 11.6. The van der Waals surface area contributed by atoms with Gasteiger partial charge in [-0.15, -0.1) is 0 Å². The van der Waals surface area contributed by atoms with Crippen LogP contribution in [0.1, 0.15) is 55.3 Å². The van der Waals surface area contributed by atoms with Crippen molar-refractivity contribution in [1.82, 2.24) is 15.0 Å². The van der Waals surface area contributed by atoms with Crippen LogP contribution < -0.4 is 14.8 Å². The van der Waals surface area contributed by atoms with Crippen LogP contribution in [0.15, 0.2) is 71.8 Å². The fourth-order valence-corrected chi connectivity index (χ4v) is 5.60. The Bertz CT molecular complexity index is 1380. The Kier molecular flexibility index (Phi) is 8.17. The van der Waals surface area contributed by atoms with Crippen molar-refractivity contribution in [3.63, 3.8) is 0 Å². The van der Waals surface area contributed by atoms with E-state index < -0.39 is 39.7 Å². The summed E-state index contributed by atoms with van der Waals surface area (Å²) in [4.78, 5) is 17.4. The molecule has 0 spiro atoms. The van der Waals surface area contributed by atoms with Crippen LogP contribution in [-0.4, -0.2) is 53.9 Å². The van der Waals surface area contributed by atoms with Crippen LogP contribution in [0.2, 0.25) is 0 Å². The SMILES string of the molecule is CCc1ccc(S(=O)(=O)N[C@@H]2c3cc(C(=O)N[C@H](CO)Cc4ccccc4)cnc3OC(C)(C)[C@H]2O)cc1.[HH]. The molecule has 4 N–H and O–H groups in total. The predicted molar refractivity (Wildman–Crippen MR) is 144 cm³/mol. The normalized spacial score (nSPS) is 19.2. The summed E-state index contributed by atoms with van der Waals surface area (Å²) in [7, 11) is -4.03. The molecule has 1 aliphatic heterocycles. The maximum atomic E-state index is 13.3. The molecule has 1 amide bonds. The molecule has 2 heterocycles. The first-order valence-corrected chi connectivity index (χ1v) is 14.0. The van der Waals surface area contributed by atoms with Gasteiger partial charge in [-0.3, -0.25) is 4.79 Å². The number of carbonyl (C=O) groups excluding carboxylic acids is 1. The standard InChI is InChI=1S/C28H33N3O6S.H2/c1-4-18-10-12-22(13-11-18)38(35,36)31-24-23-15-20(16-29-27(23)37-28(2,3)25(24)33)26(34)30-21(17-32)14-19-8-6-5-7-9-19;/h5-13,15-16,21,24-25,31-33H,4,14,17H2,1-3H3,(H,30,34);1H/t21-,24+,25-;/m0./s1. The molecule has 1 aliphatic rings. The topological polar surface area (TPSA) is 138 Å². The van der Waals surface area contributed by atoms with Gasteiger partial charge in [0.25, 0.3) is 5.91 Å². The fraction of sp³-hybridized carbons (Fsp3) is 0.357. The highest BCUT2D eigenvalue weighted by atomic mass is 32.2. The number of hydrogen-bond donors (Lipinski definition) is 4. The van der Waals surface area contributed by atoms with Crippen LogP contribution in [-0.2, 0) is 22.9 Å². The number of amides is 1. The van der Waals surface area contributed by atoms with Crippen molar-refractivity contribution in [2.75, 3.05) is 6.61 Å². The predicted octanol–water partition coefficient (Wildman–Crippen LogP) is 2.77. The number of ether oxygens (including phenoxy) is 1. The summed E-state index contributed by atoms with van der Waals surface area (Å²) in [6.07, 6.45) is 1.25. The number of pyridine rings is 1. The molecular weight excluding hydrogens is 506 g/mol. The van der Waals surface area contributed by atoms with Crippen LogP contribution in [0.3, 0.4) is 0 Å². The van der Waals surface area contributed by atoms with Crippen molar-refractivity contribution in [3.05, 3.63) is 89.1 Å². The first-order chi connectivity index (χ1) is 18.0. The van der Waals surface area contributed by atoms with Gasteiger partial charge < -0.3 is 20.3 Å². The monoisotopic (exact) mass is 541 g/mol. The third-order valence-corrected chi connectivity index (χ3v) is 8.13. The maximum absolute atomic E-state index is 13.3. The minimum absolute atomic E-state index is 0. The fourth-order valence-electron chi connectivity index (χ4n) is 4.38. The van der Waals surface area contributed by atoms with Crippen molar-refractivity contribution in [3.8, 4) is 5.88 Å². The van der Waals surface area contributed by atoms with E-state index in [1.165, 1.54) is 24.4 Å². The third kappa shape index (κ3) is 6.05. The van der Waals surface area contributed by atoms with Gasteiger partial charge in [0.2, 0.25) is 15.9 Å². The summed E-state index contributed by atoms with van der Waals surface area (Å²) < 4.78 is 35.0. The van der Waals surface area contributed by atoms with Gasteiger partial charge in [-0.2, -0.15) is 0 Å². The van der Waals surface area contributed by atoms with E-state index in [0.717, 1.165) is 17.5 Å². The summed E-state index contributed by atoms with van der Waals surface area (Å²) in [5.74, 6) is -0.375. The number of aryl methyl sites for hydroxylation is 1. The molecule has 0 aliphatic carbocycles. The van der Waals surface area contributed by atoms with Gasteiger partial charge in [-0.1, -0.05) is 49.4 Å². The first-order valence-electron chi connectivity index (χ1n) is 12.5. The number of aliphatic hydroxyl groups is 2. The summed E-state index contributed by atoms with van der Waals surface area (Å²) in [5, 5.41) is 23.7. The molecule has 0 fully saturated rings. The van der Waals surface area contributed by atoms with Crippen LogP contribution >= 0.6 is 0 Å². The molecule has 10 heteroatoms. The molecule has 3 aromatic rings. The van der Waals surface area contributed by atoms with Crippen LogP contribution in [0.25, 0.3) is 0 Å². The molecule has 204 valence electrons. The second kappa shape index (κ2) is 11.2. The summed E-state index contributed by atoms with van der Waals surface area (Å²) >= 11 is 0. The van der Waals surface area contributed by atoms with E-state index in [-0.39, 0.29) is 29.9 Å². The van der Waals surface area contributed by atoms with Crippen molar-refractivity contribution in [1.29, 1.82) is 0 Å². The van der Waals surface area contributed by atoms with Gasteiger partial charge in [0, 0.05) is 13.2 Å². The van der Waals surface area contributed by atoms with Gasteiger partial charge in [-0.05, 0) is 56.0 Å². The number of rotatable bonds is 9. The minimum Gasteiger partial charge on any atom is -0.469 e. The van der Waals surface area contributed by atoms with Gasteiger partial charge in [0.1, 0.15) is 11.7 Å². The Hall–Kier alpha value is -3.31. The van der Waals surface area contributed by atoms with Crippen molar-refractivity contribution in [2.24, 2.45) is 0 Å². The molecule has 0 saturated carbocycles. The lowest BCUT2D eigenvalue weighted by atomic mass is 9.88. The number of fused-ring (bicyclic) bond motifs is 1. The highest BCUT2D eigenvalue weighted by Gasteiger charge is 2.45. The lowest BCUT2D eigenvalue weighted by Gasteiger charge is -2.41. The van der Waals surface area contributed by atoms with E-state index in [0.29, 0.717) is 6.42 Å². The van der Waals surface area contributed by atoms with Gasteiger partial charge in [0.15, 0.2) is 0 Å². The van der Waals surface area contributed by atoms with Crippen molar-refractivity contribution in [2.45, 2.75) is 62.3 Å². The average molecular weight is 542 g/mol. The Morgan fingerprint density at radius 2 is 1.82 bits per heavy atom. The Morgan fingerprint density at radius 3 is 2.45 bits per heavy atom. The van der Waals surface area contributed by atoms with Crippen LogP contribution in [0, 0.1) is 0 Å². The number of aromatic nitrogens is 1. The molecule has 1 aromatic heterocycles. The van der Waals surface area contributed by atoms with Gasteiger partial charge in [0.05, 0.1) is 29.1 Å². The zero-order chi connectivity index (χ0) is 27.5. The molecule has 2 aromatic carbocycles. The minimum atomic E-state index is -4.03. The largest absolute Gasteiger partial charge is 0.469 e. The smallest absolute Gasteiger partial charge is 0.253 e. The molecule has 0 saturated heterocycles. The number of benzene rings is 2. The van der Waals surface area contributed by atoms with Gasteiger partial charge in [-0.25, -0.2) is 18.1 Å². The molecule has 38 heavy (non-hydrogen) atoms. The molecular formula is C28H35N3O6S. The van der Waals surface area contributed by atoms with Crippen LogP contribution in [0.4, 0.5) is 0 Å². The molecule has 0 unspecified atom stereocenters. The van der Waals surface area contributed by atoms with E-state index in [1.54, 1.807) is 26.0 Å². The van der Waals surface area contributed by atoms with E-state index in [9.17, 15) is 23.4 Å². The second-order valence-electron chi connectivity index (χ2n) is 9.91. The molecule has 0 radical (unpaired) electrons. The Morgan fingerprint density at radius 1 is 1.13 bits per heavy atom. The van der Waals surface area contributed by atoms with E-state index in [2.05, 4.69) is 15.0 Å². The number of sulfonamides is 1. The highest BCUT2D eigenvalue weighted by Crippen LogP contribution is 2.39. The summed E-state index contributed by atoms with van der Waals surface area (Å²) in [6, 6.07) is 15.8. The number of aliphatic hydroxyl groups excluding tert-OH is 2. The first kappa shape index (κ1) is 27.7. The van der Waals surface area contributed by atoms with Crippen molar-refractivity contribution >= 4 is 15.9 Å². The molecule has 9 nitrogen and oxygen atoms in total. The molecule has 4 rings (SSSR count). The van der Waals surface area contributed by atoms with Crippen LogP contribution in [0.5, 0.6) is 5.88 Å². The zero-order valence-electron chi connectivity index (χ0n) is 21.6. The number of nitrogens with one attached hydrogen (secondary N) is 2. The number of nitrogens with zero attached hydrogens (tertiary/aromatic N) is 1. The Balaban J connectivity index is 0.00000420. The Labute approximate surface area is 224 Å². The lowest BCUT2D eigenvalue weighted by Crippen LogP contribution is -2.53. The molecule has 3 atom stereocenters. The van der Waals surface area contributed by atoms with E-state index in [1.807, 2.05) is 37.3 Å².